The highest BCUT2D eigenvalue weighted by Gasteiger charge is 2.13. The molecule has 0 bridgehead atoms. The highest BCUT2D eigenvalue weighted by molar-refractivity contribution is 8.00. The Bertz CT molecular complexity index is 736. The van der Waals surface area contributed by atoms with E-state index in [4.69, 9.17) is 9.47 Å². The molecule has 1 aliphatic heterocycles. The summed E-state index contributed by atoms with van der Waals surface area (Å²) in [5.41, 5.74) is 1.01. The average Bonchev–Trinajstić information content (AvgIpc) is 2.55. The minimum absolute atomic E-state index is 0.187. The number of amides is 1. The van der Waals surface area contributed by atoms with Crippen LogP contribution in [-0.2, 0) is 4.79 Å². The van der Waals surface area contributed by atoms with E-state index in [1.54, 1.807) is 19.1 Å². The molecule has 1 amide bonds. The van der Waals surface area contributed by atoms with Gasteiger partial charge >= 0.3 is 0 Å². The normalized spacial score (nSPS) is 12.8. The van der Waals surface area contributed by atoms with Crippen molar-refractivity contribution in [1.82, 2.24) is 0 Å². The van der Waals surface area contributed by atoms with Gasteiger partial charge in [0.25, 0.3) is 0 Å². The molecule has 0 spiro atoms. The van der Waals surface area contributed by atoms with Gasteiger partial charge in [-0.3, -0.25) is 4.79 Å². The van der Waals surface area contributed by atoms with Crippen molar-refractivity contribution in [2.75, 3.05) is 24.3 Å². The standard InChI is InChI=1S/C17H16FNO3S/c1-11-2-4-14(13(18)8-11)19-17(20)10-23-12-3-5-15-16(9-12)22-7-6-21-15/h2-5,8-9H,6-7,10H2,1H3,(H,19,20). The van der Waals surface area contributed by atoms with E-state index in [1.165, 1.54) is 17.8 Å². The quantitative estimate of drug-likeness (QED) is 0.868. The van der Waals surface area contributed by atoms with Crippen LogP contribution in [0.15, 0.2) is 41.3 Å². The maximum atomic E-state index is 13.7. The number of fused-ring (bicyclic) bond motifs is 1. The molecule has 1 aliphatic rings. The van der Waals surface area contributed by atoms with Crippen LogP contribution in [0.4, 0.5) is 10.1 Å². The molecule has 120 valence electrons. The number of halogens is 1. The van der Waals surface area contributed by atoms with Crippen LogP contribution < -0.4 is 14.8 Å². The second-order valence-corrected chi connectivity index (χ2v) is 6.17. The number of thioether (sulfide) groups is 1. The fourth-order valence-electron chi connectivity index (χ4n) is 2.17. The molecule has 1 heterocycles. The number of ether oxygens (including phenoxy) is 2. The summed E-state index contributed by atoms with van der Waals surface area (Å²) in [5, 5.41) is 2.58. The first-order valence-electron chi connectivity index (χ1n) is 7.20. The van der Waals surface area contributed by atoms with Gasteiger partial charge in [0, 0.05) is 4.90 Å². The molecule has 0 radical (unpaired) electrons. The topological polar surface area (TPSA) is 47.6 Å². The molecule has 1 N–H and O–H groups in total. The van der Waals surface area contributed by atoms with E-state index >= 15 is 0 Å². The molecule has 0 saturated carbocycles. The fraction of sp³-hybridized carbons (Fsp3) is 0.235. The Morgan fingerprint density at radius 2 is 1.96 bits per heavy atom. The van der Waals surface area contributed by atoms with Crippen LogP contribution in [0, 0.1) is 12.7 Å². The summed E-state index contributed by atoms with van der Waals surface area (Å²) in [6, 6.07) is 10.3. The van der Waals surface area contributed by atoms with E-state index in [1.807, 2.05) is 18.2 Å². The van der Waals surface area contributed by atoms with Crippen molar-refractivity contribution in [1.29, 1.82) is 0 Å². The molecule has 0 aromatic heterocycles. The van der Waals surface area contributed by atoms with Gasteiger partial charge in [-0.25, -0.2) is 4.39 Å². The average molecular weight is 333 g/mol. The van der Waals surface area contributed by atoms with E-state index in [0.717, 1.165) is 10.5 Å². The first kappa shape index (κ1) is 15.7. The SMILES string of the molecule is Cc1ccc(NC(=O)CSc2ccc3c(c2)OCCO3)c(F)c1. The van der Waals surface area contributed by atoms with Gasteiger partial charge in [-0.15, -0.1) is 11.8 Å². The summed E-state index contributed by atoms with van der Waals surface area (Å²) in [5.74, 6) is 0.904. The molecule has 6 heteroatoms. The zero-order valence-corrected chi connectivity index (χ0v) is 13.4. The van der Waals surface area contributed by atoms with Gasteiger partial charge in [-0.05, 0) is 42.8 Å². The van der Waals surface area contributed by atoms with Crippen molar-refractivity contribution in [3.05, 3.63) is 47.8 Å². The van der Waals surface area contributed by atoms with E-state index in [-0.39, 0.29) is 17.3 Å². The van der Waals surface area contributed by atoms with Crippen molar-refractivity contribution in [3.8, 4) is 11.5 Å². The van der Waals surface area contributed by atoms with Crippen LogP contribution in [0.25, 0.3) is 0 Å². The lowest BCUT2D eigenvalue weighted by atomic mass is 10.2. The largest absolute Gasteiger partial charge is 0.486 e. The molecule has 3 rings (SSSR count). The van der Waals surface area contributed by atoms with Crippen LogP contribution in [0.1, 0.15) is 5.56 Å². The summed E-state index contributed by atoms with van der Waals surface area (Å²) in [4.78, 5) is 12.9. The first-order valence-corrected chi connectivity index (χ1v) is 8.19. The number of anilines is 1. The predicted molar refractivity (Wildman–Crippen MR) is 87.9 cm³/mol. The van der Waals surface area contributed by atoms with E-state index in [9.17, 15) is 9.18 Å². The fourth-order valence-corrected chi connectivity index (χ4v) is 2.89. The lowest BCUT2D eigenvalue weighted by Gasteiger charge is -2.18. The lowest BCUT2D eigenvalue weighted by molar-refractivity contribution is -0.113. The third-order valence-corrected chi connectivity index (χ3v) is 4.28. The lowest BCUT2D eigenvalue weighted by Crippen LogP contribution is -2.16. The Morgan fingerprint density at radius 1 is 1.17 bits per heavy atom. The van der Waals surface area contributed by atoms with Crippen molar-refractivity contribution in [3.63, 3.8) is 0 Å². The van der Waals surface area contributed by atoms with Gasteiger partial charge < -0.3 is 14.8 Å². The minimum Gasteiger partial charge on any atom is -0.486 e. The Balaban J connectivity index is 1.58. The number of benzene rings is 2. The van der Waals surface area contributed by atoms with Crippen molar-refractivity contribution in [2.45, 2.75) is 11.8 Å². The van der Waals surface area contributed by atoms with Crippen molar-refractivity contribution < 1.29 is 18.7 Å². The summed E-state index contributed by atoms with van der Waals surface area (Å²) in [6.07, 6.45) is 0. The predicted octanol–water partition coefficient (Wildman–Crippen LogP) is 3.64. The van der Waals surface area contributed by atoms with Crippen LogP contribution >= 0.6 is 11.8 Å². The summed E-state index contributed by atoms with van der Waals surface area (Å²) in [7, 11) is 0. The van der Waals surface area contributed by atoms with Crippen LogP contribution in [0.2, 0.25) is 0 Å². The third kappa shape index (κ3) is 3.96. The summed E-state index contributed by atoms with van der Waals surface area (Å²) in [6.45, 7) is 2.87. The van der Waals surface area contributed by atoms with Crippen molar-refractivity contribution in [2.24, 2.45) is 0 Å². The van der Waals surface area contributed by atoms with Crippen LogP contribution in [0.5, 0.6) is 11.5 Å². The molecule has 0 atom stereocenters. The maximum Gasteiger partial charge on any atom is 0.234 e. The van der Waals surface area contributed by atoms with E-state index in [2.05, 4.69) is 5.32 Å². The number of carbonyl (C=O) groups is 1. The monoisotopic (exact) mass is 333 g/mol. The number of aryl methyl sites for hydroxylation is 1. The van der Waals surface area contributed by atoms with E-state index < -0.39 is 5.82 Å². The van der Waals surface area contributed by atoms with Gasteiger partial charge in [0.15, 0.2) is 11.5 Å². The summed E-state index contributed by atoms with van der Waals surface area (Å²) >= 11 is 1.36. The zero-order chi connectivity index (χ0) is 16.2. The first-order chi connectivity index (χ1) is 11.1. The van der Waals surface area contributed by atoms with E-state index in [0.29, 0.717) is 24.7 Å². The highest BCUT2D eigenvalue weighted by atomic mass is 32.2. The van der Waals surface area contributed by atoms with Gasteiger partial charge in [0.05, 0.1) is 11.4 Å². The molecule has 0 aliphatic carbocycles. The number of hydrogen-bond acceptors (Lipinski definition) is 4. The molecular weight excluding hydrogens is 317 g/mol. The number of carbonyl (C=O) groups excluding carboxylic acids is 1. The van der Waals surface area contributed by atoms with Crippen LogP contribution in [-0.4, -0.2) is 24.9 Å². The van der Waals surface area contributed by atoms with Gasteiger partial charge in [0.2, 0.25) is 5.91 Å². The molecule has 4 nitrogen and oxygen atoms in total. The maximum absolute atomic E-state index is 13.7. The number of hydrogen-bond donors (Lipinski definition) is 1. The number of rotatable bonds is 4. The highest BCUT2D eigenvalue weighted by Crippen LogP contribution is 2.34. The molecular formula is C17H16FNO3S. The molecule has 0 saturated heterocycles. The summed E-state index contributed by atoms with van der Waals surface area (Å²) < 4.78 is 24.7. The Labute approximate surface area is 138 Å². The Morgan fingerprint density at radius 3 is 2.74 bits per heavy atom. The second kappa shape index (κ2) is 6.91. The minimum atomic E-state index is -0.428. The smallest absolute Gasteiger partial charge is 0.234 e. The Hall–Kier alpha value is -2.21. The van der Waals surface area contributed by atoms with Crippen molar-refractivity contribution >= 4 is 23.4 Å². The molecule has 0 fully saturated rings. The van der Waals surface area contributed by atoms with Gasteiger partial charge in [-0.1, -0.05) is 6.07 Å². The van der Waals surface area contributed by atoms with Crippen LogP contribution in [0.3, 0.4) is 0 Å². The third-order valence-electron chi connectivity index (χ3n) is 3.28. The second-order valence-electron chi connectivity index (χ2n) is 5.13. The molecule has 0 unspecified atom stereocenters. The molecule has 2 aromatic rings. The Kier molecular flexibility index (Phi) is 4.71. The molecule has 2 aromatic carbocycles. The molecule has 23 heavy (non-hydrogen) atoms. The van der Waals surface area contributed by atoms with Gasteiger partial charge in [-0.2, -0.15) is 0 Å². The van der Waals surface area contributed by atoms with Gasteiger partial charge in [0.1, 0.15) is 19.0 Å². The zero-order valence-electron chi connectivity index (χ0n) is 12.6. The number of nitrogens with one attached hydrogen (secondary N) is 1.